The van der Waals surface area contributed by atoms with Crippen molar-refractivity contribution in [3.8, 4) is 11.5 Å². The van der Waals surface area contributed by atoms with Crippen LogP contribution in [0.5, 0.6) is 11.5 Å². The number of aromatic nitrogens is 1. The van der Waals surface area contributed by atoms with Gasteiger partial charge in [-0.05, 0) is 37.1 Å². The molecule has 6 nitrogen and oxygen atoms in total. The van der Waals surface area contributed by atoms with Gasteiger partial charge < -0.3 is 20.1 Å². The van der Waals surface area contributed by atoms with Crippen LogP contribution in [0.15, 0.2) is 36.5 Å². The minimum atomic E-state index is -0.286. The molecule has 0 radical (unpaired) electrons. The summed E-state index contributed by atoms with van der Waals surface area (Å²) in [6.07, 6.45) is 9.14. The molecule has 0 bridgehead atoms. The zero-order chi connectivity index (χ0) is 19.1. The normalized spacial score (nSPS) is 14.9. The van der Waals surface area contributed by atoms with Crippen LogP contribution in [0.3, 0.4) is 0 Å². The largest absolute Gasteiger partial charge is 0.497 e. The van der Waals surface area contributed by atoms with Gasteiger partial charge in [0.25, 0.3) is 5.91 Å². The molecule has 1 saturated carbocycles. The summed E-state index contributed by atoms with van der Waals surface area (Å²) in [6, 6.07) is 9.44. The molecule has 0 atom stereocenters. The number of nitrogens with one attached hydrogen (secondary N) is 2. The molecular formula is C21H27N3O3. The molecule has 2 aromatic rings. The Morgan fingerprint density at radius 3 is 2.52 bits per heavy atom. The number of nitrogens with zero attached hydrogens (tertiary/aromatic N) is 1. The average molecular weight is 369 g/mol. The quantitative estimate of drug-likeness (QED) is 0.734. The Kier molecular flexibility index (Phi) is 6.52. The van der Waals surface area contributed by atoms with E-state index >= 15 is 0 Å². The molecule has 0 spiro atoms. The number of ether oxygens (including phenoxy) is 2. The summed E-state index contributed by atoms with van der Waals surface area (Å²) in [5.41, 5.74) is 1.84. The van der Waals surface area contributed by atoms with Crippen molar-refractivity contribution < 1.29 is 14.3 Å². The number of pyridine rings is 1. The van der Waals surface area contributed by atoms with Gasteiger partial charge in [-0.1, -0.05) is 25.7 Å². The van der Waals surface area contributed by atoms with E-state index in [0.717, 1.165) is 5.69 Å². The molecule has 1 aliphatic carbocycles. The molecule has 0 aliphatic heterocycles. The minimum absolute atomic E-state index is 0.286. The number of rotatable bonds is 6. The summed E-state index contributed by atoms with van der Waals surface area (Å²) >= 11 is 0. The van der Waals surface area contributed by atoms with Crippen molar-refractivity contribution in [3.63, 3.8) is 0 Å². The highest BCUT2D eigenvalue weighted by molar-refractivity contribution is 6.04. The standard InChI is InChI=1S/C21H27N3O3/c1-26-17-9-10-20(27-2)18(14-17)24-21(25)19-13-16(11-12-22-19)23-15-7-5-3-4-6-8-15/h9-15H,3-8H2,1-2H3,(H,22,23)(H,24,25). The summed E-state index contributed by atoms with van der Waals surface area (Å²) in [5, 5.41) is 6.42. The van der Waals surface area contributed by atoms with Crippen molar-refractivity contribution in [3.05, 3.63) is 42.2 Å². The van der Waals surface area contributed by atoms with E-state index in [2.05, 4.69) is 15.6 Å². The molecule has 1 aliphatic rings. The van der Waals surface area contributed by atoms with Crippen LogP contribution < -0.4 is 20.1 Å². The lowest BCUT2D eigenvalue weighted by Crippen LogP contribution is -2.19. The van der Waals surface area contributed by atoms with Crippen LogP contribution in [0.25, 0.3) is 0 Å². The highest BCUT2D eigenvalue weighted by atomic mass is 16.5. The predicted octanol–water partition coefficient (Wildman–Crippen LogP) is 4.49. The monoisotopic (exact) mass is 369 g/mol. The van der Waals surface area contributed by atoms with Gasteiger partial charge >= 0.3 is 0 Å². The summed E-state index contributed by atoms with van der Waals surface area (Å²) in [7, 11) is 3.14. The van der Waals surface area contributed by atoms with Crippen LogP contribution in [0.1, 0.15) is 49.0 Å². The number of hydrogen-bond acceptors (Lipinski definition) is 5. The van der Waals surface area contributed by atoms with E-state index in [1.54, 1.807) is 44.7 Å². The summed E-state index contributed by atoms with van der Waals surface area (Å²) in [5.74, 6) is 0.922. The molecule has 6 heteroatoms. The second kappa shape index (κ2) is 9.26. The Morgan fingerprint density at radius 1 is 1.04 bits per heavy atom. The van der Waals surface area contributed by atoms with Crippen molar-refractivity contribution in [2.24, 2.45) is 0 Å². The molecule has 3 rings (SSSR count). The van der Waals surface area contributed by atoms with Crippen LogP contribution in [0.4, 0.5) is 11.4 Å². The number of anilines is 2. The third-order valence-electron chi connectivity index (χ3n) is 4.87. The first-order valence-corrected chi connectivity index (χ1v) is 9.45. The SMILES string of the molecule is COc1ccc(OC)c(NC(=O)c2cc(NC3CCCCCC3)ccn2)c1. The highest BCUT2D eigenvalue weighted by Gasteiger charge is 2.15. The maximum absolute atomic E-state index is 12.7. The number of methoxy groups -OCH3 is 2. The lowest BCUT2D eigenvalue weighted by molar-refractivity contribution is 0.102. The third-order valence-corrected chi connectivity index (χ3v) is 4.87. The number of hydrogen-bond donors (Lipinski definition) is 2. The van der Waals surface area contributed by atoms with Crippen molar-refractivity contribution in [2.45, 2.75) is 44.6 Å². The van der Waals surface area contributed by atoms with E-state index in [-0.39, 0.29) is 5.91 Å². The maximum Gasteiger partial charge on any atom is 0.274 e. The Labute approximate surface area is 160 Å². The molecule has 1 aromatic heterocycles. The fraction of sp³-hybridized carbons (Fsp3) is 0.429. The fourth-order valence-electron chi connectivity index (χ4n) is 3.40. The maximum atomic E-state index is 12.7. The predicted molar refractivity (Wildman–Crippen MR) is 107 cm³/mol. The zero-order valence-electron chi connectivity index (χ0n) is 16.0. The van der Waals surface area contributed by atoms with E-state index in [4.69, 9.17) is 9.47 Å². The lowest BCUT2D eigenvalue weighted by atomic mass is 10.1. The van der Waals surface area contributed by atoms with Crippen molar-refractivity contribution in [1.29, 1.82) is 0 Å². The van der Waals surface area contributed by atoms with Crippen molar-refractivity contribution in [1.82, 2.24) is 4.98 Å². The number of amides is 1. The van der Waals surface area contributed by atoms with Crippen molar-refractivity contribution in [2.75, 3.05) is 24.9 Å². The molecule has 1 amide bonds. The summed E-state index contributed by atoms with van der Waals surface area (Å²) in [6.45, 7) is 0. The summed E-state index contributed by atoms with van der Waals surface area (Å²) < 4.78 is 10.5. The first kappa shape index (κ1) is 19.0. The van der Waals surface area contributed by atoms with E-state index in [1.165, 1.54) is 38.5 Å². The van der Waals surface area contributed by atoms with Gasteiger partial charge in [-0.15, -0.1) is 0 Å². The lowest BCUT2D eigenvalue weighted by Gasteiger charge is -2.18. The van der Waals surface area contributed by atoms with Crippen LogP contribution in [0, 0.1) is 0 Å². The van der Waals surface area contributed by atoms with Gasteiger partial charge in [0.1, 0.15) is 17.2 Å². The average Bonchev–Trinajstić information content (AvgIpc) is 2.96. The van der Waals surface area contributed by atoms with Crippen LogP contribution in [-0.2, 0) is 0 Å². The van der Waals surface area contributed by atoms with Gasteiger partial charge in [0, 0.05) is 24.0 Å². The second-order valence-corrected chi connectivity index (χ2v) is 6.78. The minimum Gasteiger partial charge on any atom is -0.497 e. The smallest absolute Gasteiger partial charge is 0.274 e. The first-order chi connectivity index (χ1) is 13.2. The second-order valence-electron chi connectivity index (χ2n) is 6.78. The van der Waals surface area contributed by atoms with E-state index < -0.39 is 0 Å². The van der Waals surface area contributed by atoms with Gasteiger partial charge in [0.05, 0.1) is 19.9 Å². The van der Waals surface area contributed by atoms with Crippen molar-refractivity contribution >= 4 is 17.3 Å². The molecule has 1 aromatic carbocycles. The zero-order valence-corrected chi connectivity index (χ0v) is 16.0. The molecule has 144 valence electrons. The van der Waals surface area contributed by atoms with E-state index in [1.807, 2.05) is 6.07 Å². The topological polar surface area (TPSA) is 72.5 Å². The molecule has 2 N–H and O–H groups in total. The van der Waals surface area contributed by atoms with E-state index in [0.29, 0.717) is 28.9 Å². The molecule has 1 fully saturated rings. The first-order valence-electron chi connectivity index (χ1n) is 9.45. The number of carbonyl (C=O) groups is 1. The third kappa shape index (κ3) is 5.12. The van der Waals surface area contributed by atoms with E-state index in [9.17, 15) is 4.79 Å². The Bertz CT molecular complexity index is 771. The highest BCUT2D eigenvalue weighted by Crippen LogP contribution is 2.29. The van der Waals surface area contributed by atoms with Gasteiger partial charge in [0.15, 0.2) is 0 Å². The molecule has 0 unspecified atom stereocenters. The van der Waals surface area contributed by atoms with Crippen LogP contribution in [0.2, 0.25) is 0 Å². The molecule has 1 heterocycles. The van der Waals surface area contributed by atoms with Gasteiger partial charge in [-0.2, -0.15) is 0 Å². The van der Waals surface area contributed by atoms with Gasteiger partial charge in [-0.25, -0.2) is 0 Å². The molecule has 27 heavy (non-hydrogen) atoms. The molecule has 0 saturated heterocycles. The number of carbonyl (C=O) groups excluding carboxylic acids is 1. The van der Waals surface area contributed by atoms with Gasteiger partial charge in [-0.3, -0.25) is 9.78 Å². The Hall–Kier alpha value is -2.76. The van der Waals surface area contributed by atoms with Crippen LogP contribution in [-0.4, -0.2) is 31.2 Å². The summed E-state index contributed by atoms with van der Waals surface area (Å²) in [4.78, 5) is 16.9. The number of benzene rings is 1. The van der Waals surface area contributed by atoms with Crippen LogP contribution >= 0.6 is 0 Å². The molecular weight excluding hydrogens is 342 g/mol. The van der Waals surface area contributed by atoms with Gasteiger partial charge in [0.2, 0.25) is 0 Å². The Morgan fingerprint density at radius 2 is 1.81 bits per heavy atom. The fourth-order valence-corrected chi connectivity index (χ4v) is 3.40. The Balaban J connectivity index is 1.72.